The summed E-state index contributed by atoms with van der Waals surface area (Å²) in [5.74, 6) is 0.901. The number of nitrogens with one attached hydrogen (secondary N) is 1. The number of hydrogen-bond donors (Lipinski definition) is 1. The summed E-state index contributed by atoms with van der Waals surface area (Å²) in [6.45, 7) is 4.52. The van der Waals surface area contributed by atoms with Gasteiger partial charge in [-0.3, -0.25) is 4.79 Å². The third-order valence-corrected chi connectivity index (χ3v) is 5.08. The maximum Gasteiger partial charge on any atom is 0.224 e. The van der Waals surface area contributed by atoms with Crippen LogP contribution in [0.2, 0.25) is 10.0 Å². The van der Waals surface area contributed by atoms with Gasteiger partial charge in [0.1, 0.15) is 5.82 Å². The van der Waals surface area contributed by atoms with Gasteiger partial charge >= 0.3 is 0 Å². The highest BCUT2D eigenvalue weighted by Crippen LogP contribution is 2.21. The van der Waals surface area contributed by atoms with Crippen molar-refractivity contribution >= 4 is 34.9 Å². The maximum absolute atomic E-state index is 12.1. The van der Waals surface area contributed by atoms with Crippen LogP contribution in [-0.4, -0.2) is 49.0 Å². The van der Waals surface area contributed by atoms with Crippen LogP contribution in [-0.2, 0) is 17.8 Å². The number of anilines is 1. The molecule has 0 saturated carbocycles. The lowest BCUT2D eigenvalue weighted by Crippen LogP contribution is -2.44. The largest absolute Gasteiger partial charge is 0.354 e. The molecule has 1 amide bonds. The van der Waals surface area contributed by atoms with E-state index in [0.717, 1.165) is 43.1 Å². The van der Waals surface area contributed by atoms with E-state index in [9.17, 15) is 4.79 Å². The zero-order chi connectivity index (χ0) is 18.5. The molecular weight excluding hydrogens is 371 g/mol. The second-order valence-corrected chi connectivity index (χ2v) is 7.35. The predicted molar refractivity (Wildman–Crippen MR) is 106 cm³/mol. The number of carbonyl (C=O) groups is 1. The van der Waals surface area contributed by atoms with E-state index < -0.39 is 0 Å². The van der Waals surface area contributed by atoms with Crippen molar-refractivity contribution in [3.8, 4) is 0 Å². The van der Waals surface area contributed by atoms with Crippen LogP contribution in [0.5, 0.6) is 0 Å². The summed E-state index contributed by atoms with van der Waals surface area (Å²) in [7, 11) is 2.13. The summed E-state index contributed by atoms with van der Waals surface area (Å²) in [6, 6.07) is 9.18. The zero-order valence-electron chi connectivity index (χ0n) is 14.7. The van der Waals surface area contributed by atoms with Gasteiger partial charge in [-0.2, -0.15) is 0 Å². The van der Waals surface area contributed by atoms with Crippen molar-refractivity contribution < 1.29 is 4.79 Å². The number of halogens is 2. The van der Waals surface area contributed by atoms with E-state index in [-0.39, 0.29) is 12.3 Å². The van der Waals surface area contributed by atoms with Gasteiger partial charge in [0.05, 0.1) is 6.42 Å². The molecule has 1 aliphatic rings. The number of hydrogen-bond acceptors (Lipinski definition) is 4. The lowest BCUT2D eigenvalue weighted by Gasteiger charge is -2.33. The van der Waals surface area contributed by atoms with Crippen LogP contribution in [0, 0.1) is 0 Å². The Bertz CT molecular complexity index is 759. The molecule has 26 heavy (non-hydrogen) atoms. The number of carbonyl (C=O) groups excluding carboxylic acids is 1. The molecule has 1 N–H and O–H groups in total. The molecule has 0 unspecified atom stereocenters. The van der Waals surface area contributed by atoms with Gasteiger partial charge in [-0.25, -0.2) is 4.98 Å². The second-order valence-electron chi connectivity index (χ2n) is 6.50. The Kier molecular flexibility index (Phi) is 6.35. The number of pyridine rings is 1. The second kappa shape index (κ2) is 8.71. The smallest absolute Gasteiger partial charge is 0.224 e. The molecule has 5 nitrogen and oxygen atoms in total. The molecule has 0 aliphatic carbocycles. The van der Waals surface area contributed by atoms with E-state index >= 15 is 0 Å². The first-order chi connectivity index (χ1) is 12.5. The Balaban J connectivity index is 1.50. The Labute approximate surface area is 163 Å². The minimum atomic E-state index is -0.0858. The fourth-order valence-electron chi connectivity index (χ4n) is 2.85. The van der Waals surface area contributed by atoms with Crippen LogP contribution in [0.15, 0.2) is 36.5 Å². The number of amides is 1. The quantitative estimate of drug-likeness (QED) is 0.849. The SMILES string of the molecule is CN1CCN(c2ccc(CNC(=O)Cc3ccc(Cl)cc3Cl)cn2)CC1. The van der Waals surface area contributed by atoms with Gasteiger partial charge in [0, 0.05) is 49.0 Å². The van der Waals surface area contributed by atoms with Crippen molar-refractivity contribution in [2.24, 2.45) is 0 Å². The van der Waals surface area contributed by atoms with E-state index in [1.54, 1.807) is 18.2 Å². The summed E-state index contributed by atoms with van der Waals surface area (Å²) >= 11 is 12.0. The van der Waals surface area contributed by atoms with Crippen LogP contribution in [0.3, 0.4) is 0 Å². The average molecular weight is 393 g/mol. The van der Waals surface area contributed by atoms with Gasteiger partial charge in [-0.05, 0) is 36.4 Å². The number of aromatic nitrogens is 1. The Hall–Kier alpha value is -1.82. The molecular formula is C19H22Cl2N4O. The number of likely N-dealkylation sites (N-methyl/N-ethyl adjacent to an activating group) is 1. The molecule has 1 saturated heterocycles. The van der Waals surface area contributed by atoms with Gasteiger partial charge in [-0.15, -0.1) is 0 Å². The van der Waals surface area contributed by atoms with Crippen molar-refractivity contribution in [1.29, 1.82) is 0 Å². The standard InChI is InChI=1S/C19H22Cl2N4O/c1-24-6-8-25(9-7-24)18-5-2-14(12-22-18)13-23-19(26)10-15-3-4-16(20)11-17(15)21/h2-5,11-12H,6-10,13H2,1H3,(H,23,26). The molecule has 2 heterocycles. The van der Waals surface area contributed by atoms with E-state index in [2.05, 4.69) is 27.1 Å². The maximum atomic E-state index is 12.1. The first kappa shape index (κ1) is 19.0. The summed E-state index contributed by atoms with van der Waals surface area (Å²) in [4.78, 5) is 21.3. The van der Waals surface area contributed by atoms with Gasteiger partial charge in [-0.1, -0.05) is 35.3 Å². The van der Waals surface area contributed by atoms with Crippen LogP contribution in [0.1, 0.15) is 11.1 Å². The molecule has 3 rings (SSSR count). The zero-order valence-corrected chi connectivity index (χ0v) is 16.2. The lowest BCUT2D eigenvalue weighted by molar-refractivity contribution is -0.120. The van der Waals surface area contributed by atoms with Crippen molar-refractivity contribution in [2.45, 2.75) is 13.0 Å². The number of rotatable bonds is 5. The first-order valence-electron chi connectivity index (χ1n) is 8.60. The van der Waals surface area contributed by atoms with E-state index in [0.29, 0.717) is 16.6 Å². The Morgan fingerprint density at radius 1 is 1.15 bits per heavy atom. The predicted octanol–water partition coefficient (Wildman–Crippen LogP) is 3.00. The minimum Gasteiger partial charge on any atom is -0.354 e. The summed E-state index contributed by atoms with van der Waals surface area (Å²) in [5.41, 5.74) is 1.73. The molecule has 1 aromatic heterocycles. The average Bonchev–Trinajstić information content (AvgIpc) is 2.63. The number of benzene rings is 1. The van der Waals surface area contributed by atoms with E-state index in [1.807, 2.05) is 18.3 Å². The molecule has 1 aromatic carbocycles. The summed E-state index contributed by atoms with van der Waals surface area (Å²) in [5, 5.41) is 3.97. The summed E-state index contributed by atoms with van der Waals surface area (Å²) in [6.07, 6.45) is 2.05. The fourth-order valence-corrected chi connectivity index (χ4v) is 3.32. The molecule has 2 aromatic rings. The topological polar surface area (TPSA) is 48.5 Å². The van der Waals surface area contributed by atoms with Gasteiger partial charge in [0.2, 0.25) is 5.91 Å². The normalized spacial score (nSPS) is 15.1. The van der Waals surface area contributed by atoms with Gasteiger partial charge in [0.15, 0.2) is 0 Å². The fraction of sp³-hybridized carbons (Fsp3) is 0.368. The monoisotopic (exact) mass is 392 g/mol. The molecule has 0 radical (unpaired) electrons. The van der Waals surface area contributed by atoms with Crippen molar-refractivity contribution in [1.82, 2.24) is 15.2 Å². The third-order valence-electron chi connectivity index (χ3n) is 4.49. The molecule has 0 atom stereocenters. The highest BCUT2D eigenvalue weighted by atomic mass is 35.5. The first-order valence-corrected chi connectivity index (χ1v) is 9.36. The van der Waals surface area contributed by atoms with Crippen LogP contribution >= 0.6 is 23.2 Å². The molecule has 7 heteroatoms. The van der Waals surface area contributed by atoms with Crippen LogP contribution < -0.4 is 10.2 Å². The summed E-state index contributed by atoms with van der Waals surface area (Å²) < 4.78 is 0. The molecule has 0 spiro atoms. The van der Waals surface area contributed by atoms with Crippen LogP contribution in [0.25, 0.3) is 0 Å². The van der Waals surface area contributed by atoms with Crippen LogP contribution in [0.4, 0.5) is 5.82 Å². The molecule has 1 aliphatic heterocycles. The van der Waals surface area contributed by atoms with Gasteiger partial charge in [0.25, 0.3) is 0 Å². The Morgan fingerprint density at radius 3 is 2.58 bits per heavy atom. The van der Waals surface area contributed by atoms with Crippen molar-refractivity contribution in [2.75, 3.05) is 38.1 Å². The highest BCUT2D eigenvalue weighted by Gasteiger charge is 2.15. The highest BCUT2D eigenvalue weighted by molar-refractivity contribution is 6.35. The Morgan fingerprint density at radius 2 is 1.92 bits per heavy atom. The molecule has 1 fully saturated rings. The van der Waals surface area contributed by atoms with E-state index in [4.69, 9.17) is 23.2 Å². The van der Waals surface area contributed by atoms with Crippen molar-refractivity contribution in [3.63, 3.8) is 0 Å². The third kappa shape index (κ3) is 5.10. The van der Waals surface area contributed by atoms with E-state index in [1.165, 1.54) is 0 Å². The van der Waals surface area contributed by atoms with Gasteiger partial charge < -0.3 is 15.1 Å². The minimum absolute atomic E-state index is 0.0858. The van der Waals surface area contributed by atoms with Crippen molar-refractivity contribution in [3.05, 3.63) is 57.7 Å². The number of piperazine rings is 1. The number of nitrogens with zero attached hydrogens (tertiary/aromatic N) is 3. The molecule has 138 valence electrons. The lowest BCUT2D eigenvalue weighted by atomic mass is 10.1. The molecule has 0 bridgehead atoms.